The van der Waals surface area contributed by atoms with Gasteiger partial charge in [-0.2, -0.15) is 0 Å². The maximum Gasteiger partial charge on any atom is 0.128 e. The van der Waals surface area contributed by atoms with Crippen LogP contribution in [0.5, 0.6) is 0 Å². The smallest absolute Gasteiger partial charge is 0.128 e. The molecule has 34 heavy (non-hydrogen) atoms. The lowest BCUT2D eigenvalue weighted by atomic mass is 9.86. The molecule has 0 spiro atoms. The third kappa shape index (κ3) is 6.88. The number of likely N-dealkylation sites (tertiary alicyclic amines) is 1. The molecule has 0 amide bonds. The number of amidine groups is 2. The van der Waals surface area contributed by atoms with E-state index in [4.69, 9.17) is 10.8 Å². The molecule has 0 bridgehead atoms. The van der Waals surface area contributed by atoms with Crippen molar-refractivity contribution >= 4 is 23.4 Å². The molecule has 5 heteroatoms. The molecule has 4 nitrogen and oxygen atoms in total. The predicted octanol–water partition coefficient (Wildman–Crippen LogP) is 6.72. The molecule has 0 saturated carbocycles. The number of rotatable bonds is 2. The van der Waals surface area contributed by atoms with Crippen molar-refractivity contribution in [2.24, 2.45) is 0 Å². The largest absolute Gasteiger partial charge is 0.357 e. The van der Waals surface area contributed by atoms with Crippen molar-refractivity contribution in [1.82, 2.24) is 9.80 Å². The van der Waals surface area contributed by atoms with Gasteiger partial charge in [-0.05, 0) is 34.8 Å². The van der Waals surface area contributed by atoms with Gasteiger partial charge in [-0.25, -0.2) is 0 Å². The van der Waals surface area contributed by atoms with E-state index in [0.717, 1.165) is 42.4 Å². The van der Waals surface area contributed by atoms with Crippen LogP contribution >= 0.6 is 11.8 Å². The highest BCUT2D eigenvalue weighted by atomic mass is 32.2. The fourth-order valence-electron chi connectivity index (χ4n) is 4.15. The SMILES string of the molecule is CC(C)(C)c1ccc(C(=N)N2CCCC2)cc1.CC(C)(C)c1ccc(C(=N)N2CCSC2)cc1. The van der Waals surface area contributed by atoms with E-state index in [1.807, 2.05) is 11.8 Å². The average molecular weight is 479 g/mol. The van der Waals surface area contributed by atoms with Crippen molar-refractivity contribution in [2.75, 3.05) is 31.3 Å². The summed E-state index contributed by atoms with van der Waals surface area (Å²) in [7, 11) is 0. The Kier molecular flexibility index (Phi) is 8.51. The third-order valence-electron chi connectivity index (χ3n) is 6.54. The normalized spacial score (nSPS) is 16.3. The Labute approximate surface area is 211 Å². The summed E-state index contributed by atoms with van der Waals surface area (Å²) in [4.78, 5) is 4.31. The summed E-state index contributed by atoms with van der Waals surface area (Å²) < 4.78 is 0. The lowest BCUT2D eigenvalue weighted by Gasteiger charge is -2.21. The number of hydrogen-bond acceptors (Lipinski definition) is 3. The lowest BCUT2D eigenvalue weighted by Crippen LogP contribution is -2.27. The second-order valence-electron chi connectivity index (χ2n) is 11.3. The summed E-state index contributed by atoms with van der Waals surface area (Å²) in [5.74, 6) is 3.45. The molecular weight excluding hydrogens is 436 g/mol. The molecular formula is C29H42N4S. The van der Waals surface area contributed by atoms with Gasteiger partial charge in [0.1, 0.15) is 11.7 Å². The van der Waals surface area contributed by atoms with Gasteiger partial charge < -0.3 is 9.80 Å². The standard InChI is InChI=1S/C15H22N2.C14H20N2S/c1-15(2,3)13-8-6-12(7-9-13)14(16)17-10-4-5-11-17;1-14(2,3)12-6-4-11(5-7-12)13(15)16-8-9-17-10-16/h6-9,16H,4-5,10-11H2,1-3H3;4-7,15H,8-10H2,1-3H3. The Morgan fingerprint density at radius 1 is 0.647 bits per heavy atom. The molecule has 0 radical (unpaired) electrons. The number of nitrogens with one attached hydrogen (secondary N) is 2. The molecule has 2 fully saturated rings. The Morgan fingerprint density at radius 3 is 1.41 bits per heavy atom. The maximum atomic E-state index is 8.18. The highest BCUT2D eigenvalue weighted by Gasteiger charge is 2.19. The molecule has 2 N–H and O–H groups in total. The van der Waals surface area contributed by atoms with Crippen LogP contribution in [0, 0.1) is 10.8 Å². The van der Waals surface area contributed by atoms with E-state index in [2.05, 4.69) is 99.9 Å². The van der Waals surface area contributed by atoms with Crippen LogP contribution < -0.4 is 0 Å². The second-order valence-corrected chi connectivity index (χ2v) is 12.4. The molecule has 184 valence electrons. The van der Waals surface area contributed by atoms with Crippen molar-refractivity contribution < 1.29 is 0 Å². The molecule has 0 aliphatic carbocycles. The van der Waals surface area contributed by atoms with Crippen LogP contribution in [0.1, 0.15) is 76.6 Å². The van der Waals surface area contributed by atoms with Gasteiger partial charge in [-0.3, -0.25) is 10.8 Å². The van der Waals surface area contributed by atoms with E-state index in [1.54, 1.807) is 0 Å². The van der Waals surface area contributed by atoms with Gasteiger partial charge >= 0.3 is 0 Å². The zero-order valence-electron chi connectivity index (χ0n) is 21.9. The van der Waals surface area contributed by atoms with Crippen molar-refractivity contribution in [3.05, 3.63) is 70.8 Å². The van der Waals surface area contributed by atoms with Crippen LogP contribution in [-0.4, -0.2) is 52.7 Å². The zero-order valence-corrected chi connectivity index (χ0v) is 22.7. The zero-order chi connectivity index (χ0) is 24.9. The van der Waals surface area contributed by atoms with Crippen molar-refractivity contribution in [1.29, 1.82) is 10.8 Å². The predicted molar refractivity (Wildman–Crippen MR) is 149 cm³/mol. The summed E-state index contributed by atoms with van der Waals surface area (Å²) in [5, 5.41) is 16.3. The van der Waals surface area contributed by atoms with Crippen molar-refractivity contribution in [2.45, 2.75) is 65.2 Å². The molecule has 0 aromatic heterocycles. The number of thioether (sulfide) groups is 1. The Morgan fingerprint density at radius 2 is 1.06 bits per heavy atom. The van der Waals surface area contributed by atoms with E-state index in [-0.39, 0.29) is 10.8 Å². The minimum atomic E-state index is 0.185. The van der Waals surface area contributed by atoms with Crippen molar-refractivity contribution in [3.8, 4) is 0 Å². The molecule has 2 aliphatic heterocycles. The molecule has 2 aliphatic rings. The van der Waals surface area contributed by atoms with Crippen LogP contribution in [0.15, 0.2) is 48.5 Å². The molecule has 2 saturated heterocycles. The Balaban J connectivity index is 0.000000191. The van der Waals surface area contributed by atoms with Gasteiger partial charge in [0, 0.05) is 36.5 Å². The van der Waals surface area contributed by atoms with Crippen LogP contribution in [0.25, 0.3) is 0 Å². The first-order valence-corrected chi connectivity index (χ1v) is 13.6. The summed E-state index contributed by atoms with van der Waals surface area (Å²) in [5.41, 5.74) is 5.10. The van der Waals surface area contributed by atoms with Gasteiger partial charge in [0.15, 0.2) is 0 Å². The summed E-state index contributed by atoms with van der Waals surface area (Å²) in [6, 6.07) is 16.9. The van der Waals surface area contributed by atoms with Crippen LogP contribution in [0.2, 0.25) is 0 Å². The van der Waals surface area contributed by atoms with Gasteiger partial charge in [-0.1, -0.05) is 90.1 Å². The van der Waals surface area contributed by atoms with E-state index in [9.17, 15) is 0 Å². The molecule has 2 heterocycles. The van der Waals surface area contributed by atoms with Gasteiger partial charge in [0.05, 0.1) is 5.88 Å². The van der Waals surface area contributed by atoms with Gasteiger partial charge in [0.2, 0.25) is 0 Å². The Bertz CT molecular complexity index is 872. The monoisotopic (exact) mass is 478 g/mol. The summed E-state index contributed by atoms with van der Waals surface area (Å²) >= 11 is 1.90. The maximum absolute atomic E-state index is 8.18. The number of benzene rings is 2. The lowest BCUT2D eigenvalue weighted by molar-refractivity contribution is 0.517. The first-order valence-electron chi connectivity index (χ1n) is 12.4. The summed E-state index contributed by atoms with van der Waals surface area (Å²) in [6.45, 7) is 16.4. The fraction of sp³-hybridized carbons (Fsp3) is 0.517. The molecule has 0 atom stereocenters. The molecule has 0 unspecified atom stereocenters. The van der Waals surface area contributed by atoms with E-state index in [0.29, 0.717) is 11.7 Å². The van der Waals surface area contributed by atoms with Crippen LogP contribution in [-0.2, 0) is 10.8 Å². The average Bonchev–Trinajstić information content (AvgIpc) is 3.52. The summed E-state index contributed by atoms with van der Waals surface area (Å²) in [6.07, 6.45) is 2.45. The van der Waals surface area contributed by atoms with E-state index < -0.39 is 0 Å². The minimum absolute atomic E-state index is 0.185. The van der Waals surface area contributed by atoms with E-state index >= 15 is 0 Å². The molecule has 4 rings (SSSR count). The van der Waals surface area contributed by atoms with Gasteiger partial charge in [0.25, 0.3) is 0 Å². The van der Waals surface area contributed by atoms with Crippen LogP contribution in [0.3, 0.4) is 0 Å². The highest BCUT2D eigenvalue weighted by Crippen LogP contribution is 2.24. The number of hydrogen-bond donors (Lipinski definition) is 2. The third-order valence-corrected chi connectivity index (χ3v) is 7.51. The highest BCUT2D eigenvalue weighted by molar-refractivity contribution is 7.99. The second kappa shape index (κ2) is 11.0. The molecule has 2 aromatic rings. The first-order chi connectivity index (χ1) is 16.0. The number of nitrogens with zero attached hydrogens (tertiary/aromatic N) is 2. The topological polar surface area (TPSA) is 54.2 Å². The van der Waals surface area contributed by atoms with E-state index in [1.165, 1.54) is 24.0 Å². The van der Waals surface area contributed by atoms with Gasteiger partial charge in [-0.15, -0.1) is 11.8 Å². The first kappa shape index (κ1) is 26.3. The molecule has 2 aromatic carbocycles. The van der Waals surface area contributed by atoms with Crippen molar-refractivity contribution in [3.63, 3.8) is 0 Å². The quantitative estimate of drug-likeness (QED) is 0.372. The minimum Gasteiger partial charge on any atom is -0.357 e. The van der Waals surface area contributed by atoms with Crippen LogP contribution in [0.4, 0.5) is 0 Å². The Hall–Kier alpha value is -2.27. The fourth-order valence-corrected chi connectivity index (χ4v) is 5.11.